The van der Waals surface area contributed by atoms with Gasteiger partial charge in [0, 0.05) is 25.6 Å². The Morgan fingerprint density at radius 1 is 1.43 bits per heavy atom. The van der Waals surface area contributed by atoms with E-state index in [4.69, 9.17) is 10.5 Å². The number of hydrogen-bond donors (Lipinski definition) is 2. The Morgan fingerprint density at radius 2 is 2.19 bits per heavy atom. The monoisotopic (exact) mass is 312 g/mol. The zero-order chi connectivity index (χ0) is 15.5. The van der Waals surface area contributed by atoms with Crippen molar-refractivity contribution in [3.63, 3.8) is 0 Å². The van der Waals surface area contributed by atoms with Crippen molar-refractivity contribution in [2.75, 3.05) is 13.2 Å². The van der Waals surface area contributed by atoms with Gasteiger partial charge in [-0.15, -0.1) is 0 Å². The van der Waals surface area contributed by atoms with E-state index < -0.39 is 10.0 Å². The summed E-state index contributed by atoms with van der Waals surface area (Å²) in [6.07, 6.45) is 1.97. The first kappa shape index (κ1) is 16.4. The number of benzene rings is 1. The molecule has 3 N–H and O–H groups in total. The normalized spacial score (nSPS) is 22.6. The van der Waals surface area contributed by atoms with E-state index in [1.165, 1.54) is 0 Å². The van der Waals surface area contributed by atoms with Crippen LogP contribution in [-0.4, -0.2) is 27.7 Å². The van der Waals surface area contributed by atoms with Crippen LogP contribution >= 0.6 is 0 Å². The molecule has 0 bridgehead atoms. The summed E-state index contributed by atoms with van der Waals surface area (Å²) in [6.45, 7) is 5.33. The molecular formula is C15H24N2O3S. The third kappa shape index (κ3) is 3.83. The number of ether oxygens (including phenoxy) is 1. The molecule has 1 aromatic carbocycles. The summed E-state index contributed by atoms with van der Waals surface area (Å²) in [4.78, 5) is 0.317. The molecule has 2 unspecified atom stereocenters. The standard InChI is InChI=1S/C15H24N2O3S/c1-3-14-13(6-7-20-14)10-17-21(18,19)15-8-12(9-16)5-4-11(15)2/h4-5,8,13-14,17H,3,6-7,9-10,16H2,1-2H3. The van der Waals surface area contributed by atoms with E-state index in [2.05, 4.69) is 11.6 Å². The Hall–Kier alpha value is -0.950. The molecule has 0 aromatic heterocycles. The minimum Gasteiger partial charge on any atom is -0.378 e. The highest BCUT2D eigenvalue weighted by Gasteiger charge is 2.28. The van der Waals surface area contributed by atoms with Gasteiger partial charge in [-0.2, -0.15) is 0 Å². The fraction of sp³-hybridized carbons (Fsp3) is 0.600. The maximum absolute atomic E-state index is 12.5. The van der Waals surface area contributed by atoms with Gasteiger partial charge in [-0.1, -0.05) is 19.1 Å². The maximum Gasteiger partial charge on any atom is 0.240 e. The first-order valence-electron chi connectivity index (χ1n) is 7.38. The van der Waals surface area contributed by atoms with Crippen LogP contribution in [0.4, 0.5) is 0 Å². The van der Waals surface area contributed by atoms with Crippen LogP contribution in [0.15, 0.2) is 23.1 Å². The molecule has 21 heavy (non-hydrogen) atoms. The van der Waals surface area contributed by atoms with Crippen LogP contribution in [0.25, 0.3) is 0 Å². The van der Waals surface area contributed by atoms with Gasteiger partial charge in [0.1, 0.15) is 0 Å². The molecular weight excluding hydrogens is 288 g/mol. The third-order valence-corrected chi connectivity index (χ3v) is 5.63. The predicted octanol–water partition coefficient (Wildman–Crippen LogP) is 1.55. The summed E-state index contributed by atoms with van der Waals surface area (Å²) >= 11 is 0. The Labute approximate surface area is 126 Å². The van der Waals surface area contributed by atoms with Gasteiger partial charge in [0.25, 0.3) is 0 Å². The highest BCUT2D eigenvalue weighted by atomic mass is 32.2. The number of nitrogens with two attached hydrogens (primary N) is 1. The summed E-state index contributed by atoms with van der Waals surface area (Å²) in [5.41, 5.74) is 7.14. The van der Waals surface area contributed by atoms with Crippen molar-refractivity contribution in [1.82, 2.24) is 4.72 Å². The summed E-state index contributed by atoms with van der Waals surface area (Å²) in [6, 6.07) is 5.30. The lowest BCUT2D eigenvalue weighted by Gasteiger charge is -2.18. The van der Waals surface area contributed by atoms with E-state index in [0.29, 0.717) is 24.6 Å². The first-order valence-corrected chi connectivity index (χ1v) is 8.87. The summed E-state index contributed by atoms with van der Waals surface area (Å²) < 4.78 is 33.3. The highest BCUT2D eigenvalue weighted by Crippen LogP contribution is 2.24. The fourth-order valence-electron chi connectivity index (χ4n) is 2.73. The predicted molar refractivity (Wildman–Crippen MR) is 82.4 cm³/mol. The molecule has 1 saturated heterocycles. The molecule has 0 radical (unpaired) electrons. The van der Waals surface area contributed by atoms with Crippen molar-refractivity contribution in [1.29, 1.82) is 0 Å². The van der Waals surface area contributed by atoms with E-state index >= 15 is 0 Å². The molecule has 118 valence electrons. The second-order valence-corrected chi connectivity index (χ2v) is 7.26. The number of hydrogen-bond acceptors (Lipinski definition) is 4. The van der Waals surface area contributed by atoms with Gasteiger partial charge in [0.05, 0.1) is 11.0 Å². The van der Waals surface area contributed by atoms with Crippen molar-refractivity contribution in [3.8, 4) is 0 Å². The van der Waals surface area contributed by atoms with Gasteiger partial charge in [-0.25, -0.2) is 13.1 Å². The molecule has 6 heteroatoms. The second kappa shape index (κ2) is 6.87. The van der Waals surface area contributed by atoms with Crippen LogP contribution in [0.3, 0.4) is 0 Å². The lowest BCUT2D eigenvalue weighted by Crippen LogP contribution is -2.33. The topological polar surface area (TPSA) is 81.4 Å². The molecule has 1 aromatic rings. The van der Waals surface area contributed by atoms with Crippen molar-refractivity contribution >= 4 is 10.0 Å². The van der Waals surface area contributed by atoms with Crippen LogP contribution < -0.4 is 10.5 Å². The van der Waals surface area contributed by atoms with Crippen LogP contribution in [0.5, 0.6) is 0 Å². The Morgan fingerprint density at radius 3 is 2.86 bits per heavy atom. The lowest BCUT2D eigenvalue weighted by atomic mass is 10.0. The van der Waals surface area contributed by atoms with Crippen LogP contribution in [0.2, 0.25) is 0 Å². The van der Waals surface area contributed by atoms with Gasteiger partial charge in [-0.05, 0) is 37.0 Å². The average molecular weight is 312 g/mol. The second-order valence-electron chi connectivity index (χ2n) is 5.52. The molecule has 1 aliphatic rings. The summed E-state index contributed by atoms with van der Waals surface area (Å²) in [5.74, 6) is 0.253. The van der Waals surface area contributed by atoms with Crippen molar-refractivity contribution in [2.24, 2.45) is 11.7 Å². The fourth-order valence-corrected chi connectivity index (χ4v) is 4.12. The van der Waals surface area contributed by atoms with E-state index in [-0.39, 0.29) is 12.0 Å². The molecule has 2 rings (SSSR count). The molecule has 1 aliphatic heterocycles. The number of aryl methyl sites for hydroxylation is 1. The summed E-state index contributed by atoms with van der Waals surface area (Å²) in [7, 11) is -3.50. The van der Waals surface area contributed by atoms with E-state index in [1.807, 2.05) is 6.07 Å². The molecule has 0 amide bonds. The molecule has 1 heterocycles. The Balaban J connectivity index is 2.11. The quantitative estimate of drug-likeness (QED) is 0.835. The van der Waals surface area contributed by atoms with Gasteiger partial charge in [0.15, 0.2) is 0 Å². The van der Waals surface area contributed by atoms with Crippen LogP contribution in [-0.2, 0) is 21.3 Å². The number of nitrogens with one attached hydrogen (secondary N) is 1. The van der Waals surface area contributed by atoms with Crippen LogP contribution in [0, 0.1) is 12.8 Å². The highest BCUT2D eigenvalue weighted by molar-refractivity contribution is 7.89. The minimum atomic E-state index is -3.50. The Bertz CT molecular complexity index is 587. The molecule has 1 fully saturated rings. The maximum atomic E-state index is 12.5. The zero-order valence-electron chi connectivity index (χ0n) is 12.6. The molecule has 0 spiro atoms. The van der Waals surface area contributed by atoms with Crippen molar-refractivity contribution in [2.45, 2.75) is 44.2 Å². The van der Waals surface area contributed by atoms with Crippen molar-refractivity contribution < 1.29 is 13.2 Å². The van der Waals surface area contributed by atoms with Gasteiger partial charge >= 0.3 is 0 Å². The van der Waals surface area contributed by atoms with E-state index in [9.17, 15) is 8.42 Å². The first-order chi connectivity index (χ1) is 9.97. The minimum absolute atomic E-state index is 0.157. The zero-order valence-corrected chi connectivity index (χ0v) is 13.4. The van der Waals surface area contributed by atoms with Gasteiger partial charge in [-0.3, -0.25) is 0 Å². The Kier molecular flexibility index (Phi) is 5.37. The largest absolute Gasteiger partial charge is 0.378 e. The SMILES string of the molecule is CCC1OCCC1CNS(=O)(=O)c1cc(CN)ccc1C. The lowest BCUT2D eigenvalue weighted by molar-refractivity contribution is 0.0884. The third-order valence-electron chi connectivity index (χ3n) is 4.06. The summed E-state index contributed by atoms with van der Waals surface area (Å²) in [5, 5.41) is 0. The van der Waals surface area contributed by atoms with E-state index in [1.54, 1.807) is 19.1 Å². The van der Waals surface area contributed by atoms with E-state index in [0.717, 1.165) is 24.0 Å². The van der Waals surface area contributed by atoms with Gasteiger partial charge < -0.3 is 10.5 Å². The molecule has 0 aliphatic carbocycles. The van der Waals surface area contributed by atoms with Gasteiger partial charge in [0.2, 0.25) is 10.0 Å². The molecule has 0 saturated carbocycles. The number of sulfonamides is 1. The number of rotatable bonds is 6. The van der Waals surface area contributed by atoms with Crippen LogP contribution in [0.1, 0.15) is 30.9 Å². The average Bonchev–Trinajstić information content (AvgIpc) is 2.93. The smallest absolute Gasteiger partial charge is 0.240 e. The molecule has 2 atom stereocenters. The molecule has 5 nitrogen and oxygen atoms in total. The van der Waals surface area contributed by atoms with Crippen molar-refractivity contribution in [3.05, 3.63) is 29.3 Å².